The Morgan fingerprint density at radius 3 is 1.46 bits per heavy atom. The van der Waals surface area contributed by atoms with Gasteiger partial charge in [-0.05, 0) is 0 Å². The van der Waals surface area contributed by atoms with Gasteiger partial charge in [-0.25, -0.2) is 0 Å². The molecule has 0 radical (unpaired) electrons. The summed E-state index contributed by atoms with van der Waals surface area (Å²) < 4.78 is 10.8. The van der Waals surface area contributed by atoms with Crippen LogP contribution in [0, 0.1) is 0 Å². The molecule has 2 atom stereocenters. The maximum atomic E-state index is 6.75. The van der Waals surface area contributed by atoms with Gasteiger partial charge in [-0.1, -0.05) is 0 Å². The summed E-state index contributed by atoms with van der Waals surface area (Å²) in [7, 11) is -0.590. The van der Waals surface area contributed by atoms with Crippen molar-refractivity contribution in [1.82, 2.24) is 0 Å². The number of ether oxygens (including phenoxy) is 2. The van der Waals surface area contributed by atoms with Crippen molar-refractivity contribution in [2.24, 2.45) is 0 Å². The average molecular weight is 640 g/mol. The number of halogens is 1. The first-order chi connectivity index (χ1) is 17.7. The minimum atomic E-state index is -2.62. The van der Waals surface area contributed by atoms with Crippen molar-refractivity contribution >= 4 is 55.4 Å². The molecule has 4 aromatic rings. The molecule has 192 valence electrons. The fourth-order valence-electron chi connectivity index (χ4n) is 5.39. The van der Waals surface area contributed by atoms with E-state index in [0.717, 1.165) is 12.3 Å². The van der Waals surface area contributed by atoms with E-state index in [1.54, 1.807) is 0 Å². The van der Waals surface area contributed by atoms with Crippen LogP contribution in [-0.2, 0) is 9.47 Å². The monoisotopic (exact) mass is 640 g/mol. The van der Waals surface area contributed by atoms with Crippen LogP contribution in [0.25, 0.3) is 0 Å². The molecular formula is C32H35IO2P2. The summed E-state index contributed by atoms with van der Waals surface area (Å²) in [5, 5.41) is 5.57. The van der Waals surface area contributed by atoms with Gasteiger partial charge in [0, 0.05) is 0 Å². The average Bonchev–Trinajstić information content (AvgIpc) is 3.21. The van der Waals surface area contributed by atoms with Gasteiger partial charge in [0.15, 0.2) is 0 Å². The third kappa shape index (κ3) is 5.87. The fraction of sp³-hybridized carbons (Fsp3) is 0.250. The van der Waals surface area contributed by atoms with Crippen LogP contribution < -0.4 is 21.2 Å². The van der Waals surface area contributed by atoms with Crippen LogP contribution in [0.4, 0.5) is 0 Å². The molecule has 2 nitrogen and oxygen atoms in total. The molecule has 1 aliphatic rings. The summed E-state index contributed by atoms with van der Waals surface area (Å²) in [6.45, 7) is 6.62. The van der Waals surface area contributed by atoms with Gasteiger partial charge in [-0.15, -0.1) is 0 Å². The van der Waals surface area contributed by atoms with Crippen molar-refractivity contribution in [3.05, 3.63) is 121 Å². The van der Waals surface area contributed by atoms with Crippen LogP contribution in [0.5, 0.6) is 0 Å². The summed E-state index contributed by atoms with van der Waals surface area (Å²) in [5.41, 5.74) is 0. The van der Waals surface area contributed by atoms with Gasteiger partial charge in [-0.2, -0.15) is 0 Å². The van der Waals surface area contributed by atoms with E-state index in [-0.39, 0.29) is 12.2 Å². The van der Waals surface area contributed by atoms with Gasteiger partial charge < -0.3 is 0 Å². The Bertz CT molecular complexity index is 1210. The van der Waals surface area contributed by atoms with Crippen LogP contribution in [0.15, 0.2) is 121 Å². The van der Waals surface area contributed by atoms with E-state index in [1.165, 1.54) is 21.2 Å². The van der Waals surface area contributed by atoms with Crippen LogP contribution >= 0.6 is 34.2 Å². The Labute approximate surface area is 236 Å². The topological polar surface area (TPSA) is 18.5 Å². The van der Waals surface area contributed by atoms with Gasteiger partial charge in [0.2, 0.25) is 0 Å². The molecule has 37 heavy (non-hydrogen) atoms. The molecule has 5 rings (SSSR count). The van der Waals surface area contributed by atoms with Gasteiger partial charge in [0.25, 0.3) is 0 Å². The van der Waals surface area contributed by atoms with Crippen molar-refractivity contribution in [2.45, 2.75) is 31.8 Å². The van der Waals surface area contributed by atoms with Crippen molar-refractivity contribution < 1.29 is 9.47 Å². The predicted octanol–water partition coefficient (Wildman–Crippen LogP) is 6.82. The first kappa shape index (κ1) is 27.0. The Morgan fingerprint density at radius 1 is 0.649 bits per heavy atom. The molecule has 1 fully saturated rings. The standard InChI is InChI=1S/C32H35IO2P2/c1-32(2)34-30(24-36(26-16-8-4-9-17-26)27-18-10-5-11-19-27)31(35-32)25-37(3,33,28-20-12-6-13-21-28)29-22-14-7-15-23-29/h4-23,30-31H,24-25H2,1-3H3/t30-,31-/m0/s1. The van der Waals surface area contributed by atoms with Crippen LogP contribution in [-0.4, -0.2) is 37.0 Å². The van der Waals surface area contributed by atoms with Crippen molar-refractivity contribution in [3.63, 3.8) is 0 Å². The Hall–Kier alpha value is -1.61. The van der Waals surface area contributed by atoms with Gasteiger partial charge in [0.1, 0.15) is 0 Å². The van der Waals surface area contributed by atoms with E-state index in [2.05, 4.69) is 164 Å². The quantitative estimate of drug-likeness (QED) is 0.156. The number of benzene rings is 4. The molecule has 1 aliphatic heterocycles. The second-order valence-electron chi connectivity index (χ2n) is 10.5. The molecule has 0 amide bonds. The number of hydrogen-bond donors (Lipinski definition) is 0. The third-order valence-corrected chi connectivity index (χ3v) is 18.8. The Balaban J connectivity index is 1.54. The normalized spacial score (nSPS) is 20.4. The van der Waals surface area contributed by atoms with Crippen molar-refractivity contribution in [2.75, 3.05) is 19.0 Å². The first-order valence-electron chi connectivity index (χ1n) is 12.8. The molecule has 0 N–H and O–H groups in total. The zero-order valence-electron chi connectivity index (χ0n) is 21.7. The van der Waals surface area contributed by atoms with Crippen molar-refractivity contribution in [3.8, 4) is 0 Å². The van der Waals surface area contributed by atoms with E-state index in [1.807, 2.05) is 0 Å². The molecule has 0 bridgehead atoms. The summed E-state index contributed by atoms with van der Waals surface area (Å²) in [4.78, 5) is 0. The third-order valence-electron chi connectivity index (χ3n) is 7.24. The summed E-state index contributed by atoms with van der Waals surface area (Å²) in [6, 6.07) is 43.9. The first-order valence-corrected chi connectivity index (χ1v) is 20.0. The minimum absolute atomic E-state index is 0.00478. The van der Waals surface area contributed by atoms with E-state index < -0.39 is 18.0 Å². The Morgan fingerprint density at radius 2 is 1.03 bits per heavy atom. The van der Waals surface area contributed by atoms with E-state index >= 15 is 0 Å². The van der Waals surface area contributed by atoms with Gasteiger partial charge in [-0.3, -0.25) is 0 Å². The zero-order valence-corrected chi connectivity index (χ0v) is 25.7. The molecule has 4 aromatic carbocycles. The van der Waals surface area contributed by atoms with E-state index in [9.17, 15) is 0 Å². The predicted molar refractivity (Wildman–Crippen MR) is 172 cm³/mol. The second-order valence-corrected chi connectivity index (χ2v) is 25.3. The molecule has 0 unspecified atom stereocenters. The number of hydrogen-bond acceptors (Lipinski definition) is 2. The Kier molecular flexibility index (Phi) is 7.93. The molecule has 0 aromatic heterocycles. The fourth-order valence-corrected chi connectivity index (χ4v) is 14.7. The van der Waals surface area contributed by atoms with Crippen molar-refractivity contribution in [1.29, 1.82) is 0 Å². The molecule has 0 spiro atoms. The molecule has 0 aliphatic carbocycles. The SMILES string of the molecule is CC1(C)O[C@@H](CP(c2ccccc2)c2ccccc2)[C@H](CP(C)(I)(c2ccccc2)c2ccccc2)O1. The van der Waals surface area contributed by atoms with Crippen LogP contribution in [0.3, 0.4) is 0 Å². The number of rotatable bonds is 8. The summed E-state index contributed by atoms with van der Waals surface area (Å²) in [6.07, 6.45) is 1.86. The zero-order chi connectivity index (χ0) is 26.0. The molecule has 0 saturated carbocycles. The maximum absolute atomic E-state index is 6.75. The van der Waals surface area contributed by atoms with E-state index in [0.29, 0.717) is 0 Å². The summed E-state index contributed by atoms with van der Waals surface area (Å²) in [5.74, 6) is -0.613. The molecule has 5 heteroatoms. The van der Waals surface area contributed by atoms with Crippen LogP contribution in [0.1, 0.15) is 13.8 Å². The molecule has 1 saturated heterocycles. The molecular weight excluding hydrogens is 605 g/mol. The second kappa shape index (κ2) is 10.9. The van der Waals surface area contributed by atoms with Gasteiger partial charge in [0.05, 0.1) is 0 Å². The molecule has 1 heterocycles. The van der Waals surface area contributed by atoms with Gasteiger partial charge >= 0.3 is 237 Å². The summed E-state index contributed by atoms with van der Waals surface area (Å²) >= 11 is 2.81. The van der Waals surface area contributed by atoms with Crippen LogP contribution in [0.2, 0.25) is 0 Å². The van der Waals surface area contributed by atoms with E-state index in [4.69, 9.17) is 9.47 Å².